The molecular weight excluding hydrogens is 363 g/mol. The summed E-state index contributed by atoms with van der Waals surface area (Å²) in [5.41, 5.74) is -2.30. The number of benzene rings is 1. The number of carbonyl (C=O) groups excluding carboxylic acids is 2. The predicted molar refractivity (Wildman–Crippen MR) is 90.4 cm³/mol. The molecule has 2 rings (SSSR count). The van der Waals surface area contributed by atoms with Gasteiger partial charge < -0.3 is 4.74 Å². The number of methoxy groups -OCH3 is 1. The van der Waals surface area contributed by atoms with Crippen LogP contribution in [0.1, 0.15) is 11.1 Å². The van der Waals surface area contributed by atoms with Crippen LogP contribution in [0.2, 0.25) is 0 Å². The summed E-state index contributed by atoms with van der Waals surface area (Å²) in [6.07, 6.45) is -4.11. The van der Waals surface area contributed by atoms with E-state index >= 15 is 0 Å². The zero-order chi connectivity index (χ0) is 20.1. The average molecular weight is 382 g/mol. The first-order valence-corrected chi connectivity index (χ1v) is 7.94. The standard InChI is InChI=1S/C18H18F3N3O3/c1-12-8-9-22-14(10-12)23-17(16(26)27-2,18(19,20)21)24-15(25)11-13-6-4-3-5-7-13/h3-10H,11H2,1-2H3,(H,22,23)(H,24,25)/p+1/t17-/m0/s1. The van der Waals surface area contributed by atoms with Crippen LogP contribution in [0.4, 0.5) is 19.0 Å². The maximum absolute atomic E-state index is 13.9. The third kappa shape index (κ3) is 4.75. The number of nitrogens with one attached hydrogen (secondary N) is 3. The fourth-order valence-corrected chi connectivity index (χ4v) is 2.43. The number of alkyl halides is 3. The molecule has 6 nitrogen and oxygen atoms in total. The summed E-state index contributed by atoms with van der Waals surface area (Å²) in [6.45, 7) is 1.67. The van der Waals surface area contributed by atoms with Crippen LogP contribution in [-0.2, 0) is 20.7 Å². The number of pyridine rings is 1. The van der Waals surface area contributed by atoms with Crippen LogP contribution in [0.5, 0.6) is 0 Å². The number of esters is 1. The van der Waals surface area contributed by atoms with Gasteiger partial charge in [-0.15, -0.1) is 0 Å². The molecule has 2 aromatic rings. The number of anilines is 1. The van der Waals surface area contributed by atoms with Gasteiger partial charge in [-0.3, -0.25) is 10.1 Å². The molecule has 1 aromatic carbocycles. The predicted octanol–water partition coefficient (Wildman–Crippen LogP) is 2.01. The Morgan fingerprint density at radius 1 is 1.15 bits per heavy atom. The van der Waals surface area contributed by atoms with Crippen LogP contribution in [0.25, 0.3) is 0 Å². The quantitative estimate of drug-likeness (QED) is 0.592. The van der Waals surface area contributed by atoms with E-state index in [-0.39, 0.29) is 12.2 Å². The fraction of sp³-hybridized carbons (Fsp3) is 0.278. The molecule has 1 heterocycles. The Morgan fingerprint density at radius 3 is 2.37 bits per heavy atom. The van der Waals surface area contributed by atoms with Crippen LogP contribution in [0.3, 0.4) is 0 Å². The third-order valence-corrected chi connectivity index (χ3v) is 3.73. The summed E-state index contributed by atoms with van der Waals surface area (Å²) in [7, 11) is 0.813. The van der Waals surface area contributed by atoms with Gasteiger partial charge >= 0.3 is 17.8 Å². The highest BCUT2D eigenvalue weighted by molar-refractivity contribution is 5.91. The van der Waals surface area contributed by atoms with Crippen molar-refractivity contribution in [2.45, 2.75) is 25.2 Å². The number of carbonyl (C=O) groups is 2. The summed E-state index contributed by atoms with van der Waals surface area (Å²) in [4.78, 5) is 27.0. The van der Waals surface area contributed by atoms with Crippen LogP contribution in [-0.4, -0.2) is 30.8 Å². The summed E-state index contributed by atoms with van der Waals surface area (Å²) >= 11 is 0. The van der Waals surface area contributed by atoms with E-state index in [1.807, 2.05) is 0 Å². The van der Waals surface area contributed by atoms with Crippen molar-refractivity contribution in [1.82, 2.24) is 5.32 Å². The van der Waals surface area contributed by atoms with E-state index in [2.05, 4.69) is 15.0 Å². The Kier molecular flexibility index (Phi) is 6.04. The molecule has 0 aliphatic carbocycles. The molecule has 0 saturated carbocycles. The van der Waals surface area contributed by atoms with E-state index in [9.17, 15) is 22.8 Å². The second kappa shape index (κ2) is 8.07. The SMILES string of the molecule is COC(=O)[C@@](NC(=O)Cc1ccccc1)(Nc1cc(C)cc[nH+]1)C(F)(F)F. The van der Waals surface area contributed by atoms with E-state index in [1.54, 1.807) is 48.6 Å². The van der Waals surface area contributed by atoms with Gasteiger partial charge in [0, 0.05) is 6.07 Å². The lowest BCUT2D eigenvalue weighted by Gasteiger charge is -2.30. The number of halogens is 3. The number of amides is 1. The maximum Gasteiger partial charge on any atom is 0.464 e. The van der Waals surface area contributed by atoms with Crippen LogP contribution in [0.15, 0.2) is 48.7 Å². The highest BCUT2D eigenvalue weighted by Gasteiger charge is 2.67. The molecule has 0 aliphatic rings. The largest absolute Gasteiger partial charge is 0.464 e. The molecule has 0 unspecified atom stereocenters. The van der Waals surface area contributed by atoms with Crippen LogP contribution < -0.4 is 15.6 Å². The maximum atomic E-state index is 13.9. The third-order valence-electron chi connectivity index (χ3n) is 3.73. The molecule has 0 spiro atoms. The first kappa shape index (κ1) is 20.2. The number of H-pyrrole nitrogens is 1. The van der Waals surface area contributed by atoms with E-state index in [0.717, 1.165) is 7.11 Å². The number of hydrogen-bond acceptors (Lipinski definition) is 4. The van der Waals surface area contributed by atoms with E-state index < -0.39 is 23.7 Å². The first-order valence-electron chi connectivity index (χ1n) is 7.94. The second-order valence-corrected chi connectivity index (χ2v) is 5.85. The molecule has 27 heavy (non-hydrogen) atoms. The molecule has 0 fully saturated rings. The number of aromatic amines is 1. The lowest BCUT2D eigenvalue weighted by molar-refractivity contribution is -0.363. The molecule has 1 aromatic heterocycles. The number of ether oxygens (including phenoxy) is 1. The summed E-state index contributed by atoms with van der Waals surface area (Å²) < 4.78 is 46.1. The fourth-order valence-electron chi connectivity index (χ4n) is 2.43. The topological polar surface area (TPSA) is 81.6 Å². The number of aromatic nitrogens is 1. The molecule has 1 amide bonds. The zero-order valence-corrected chi connectivity index (χ0v) is 14.7. The van der Waals surface area contributed by atoms with Gasteiger partial charge in [-0.25, -0.2) is 15.1 Å². The van der Waals surface area contributed by atoms with Crippen LogP contribution in [0, 0.1) is 6.92 Å². The van der Waals surface area contributed by atoms with Crippen molar-refractivity contribution < 1.29 is 32.5 Å². The Labute approximate surface area is 153 Å². The van der Waals surface area contributed by atoms with Crippen molar-refractivity contribution in [3.8, 4) is 0 Å². The monoisotopic (exact) mass is 382 g/mol. The second-order valence-electron chi connectivity index (χ2n) is 5.85. The van der Waals surface area contributed by atoms with Gasteiger partial charge in [0.25, 0.3) is 5.82 Å². The molecule has 1 atom stereocenters. The molecule has 0 aliphatic heterocycles. The molecule has 3 N–H and O–H groups in total. The minimum Gasteiger partial charge on any atom is -0.464 e. The van der Waals surface area contributed by atoms with Crippen molar-refractivity contribution in [2.24, 2.45) is 0 Å². The van der Waals surface area contributed by atoms with Crippen molar-refractivity contribution >= 4 is 17.7 Å². The summed E-state index contributed by atoms with van der Waals surface area (Å²) in [6, 6.07) is 11.2. The Hall–Kier alpha value is -3.10. The molecule has 0 saturated heterocycles. The van der Waals surface area contributed by atoms with Gasteiger partial charge in [-0.1, -0.05) is 30.3 Å². The molecule has 0 radical (unpaired) electrons. The normalized spacial score (nSPS) is 13.4. The van der Waals surface area contributed by atoms with Crippen molar-refractivity contribution in [2.75, 3.05) is 12.4 Å². The first-order chi connectivity index (χ1) is 12.7. The molecule has 0 bridgehead atoms. The Bertz CT molecular complexity index is 812. The summed E-state index contributed by atoms with van der Waals surface area (Å²) in [5.74, 6) is -2.80. The molecular formula is C18H19F3N3O3+. The van der Waals surface area contributed by atoms with Crippen molar-refractivity contribution in [3.63, 3.8) is 0 Å². The highest BCUT2D eigenvalue weighted by Crippen LogP contribution is 2.32. The average Bonchev–Trinajstić information content (AvgIpc) is 2.60. The number of rotatable bonds is 6. The van der Waals surface area contributed by atoms with E-state index in [0.29, 0.717) is 11.1 Å². The van der Waals surface area contributed by atoms with Gasteiger partial charge in [0.2, 0.25) is 5.91 Å². The number of aryl methyl sites for hydroxylation is 1. The molecule has 9 heteroatoms. The summed E-state index contributed by atoms with van der Waals surface area (Å²) in [5, 5.41) is 3.82. The van der Waals surface area contributed by atoms with Gasteiger partial charge in [0.15, 0.2) is 0 Å². The van der Waals surface area contributed by atoms with E-state index in [1.165, 1.54) is 12.3 Å². The van der Waals surface area contributed by atoms with Gasteiger partial charge in [0.1, 0.15) is 0 Å². The van der Waals surface area contributed by atoms with Crippen molar-refractivity contribution in [3.05, 3.63) is 59.8 Å². The van der Waals surface area contributed by atoms with Crippen LogP contribution >= 0.6 is 0 Å². The van der Waals surface area contributed by atoms with Gasteiger partial charge in [0.05, 0.1) is 19.7 Å². The zero-order valence-electron chi connectivity index (χ0n) is 14.7. The number of hydrogen-bond donors (Lipinski definition) is 2. The smallest absolute Gasteiger partial charge is 0.464 e. The van der Waals surface area contributed by atoms with E-state index in [4.69, 9.17) is 0 Å². The van der Waals surface area contributed by atoms with Crippen molar-refractivity contribution in [1.29, 1.82) is 0 Å². The minimum atomic E-state index is -5.18. The highest BCUT2D eigenvalue weighted by atomic mass is 19.4. The lowest BCUT2D eigenvalue weighted by atomic mass is 10.1. The Morgan fingerprint density at radius 2 is 1.81 bits per heavy atom. The van der Waals surface area contributed by atoms with Gasteiger partial charge in [-0.05, 0) is 24.1 Å². The molecule has 144 valence electrons. The minimum absolute atomic E-state index is 0.113. The lowest BCUT2D eigenvalue weighted by Crippen LogP contribution is -2.69. The Balaban J connectivity index is 2.38. The van der Waals surface area contributed by atoms with Gasteiger partial charge in [-0.2, -0.15) is 13.2 Å².